The Morgan fingerprint density at radius 2 is 1.70 bits per heavy atom. The van der Waals surface area contributed by atoms with Gasteiger partial charge in [-0.2, -0.15) is 6.42 Å². The van der Waals surface area contributed by atoms with E-state index in [9.17, 15) is 4.79 Å². The maximum Gasteiger partial charge on any atom is 2.00 e. The van der Waals surface area contributed by atoms with Gasteiger partial charge in [0.15, 0.2) is 0 Å². The molecule has 0 aromatic heterocycles. The molecular formula is C14H26O5U. The van der Waals surface area contributed by atoms with Crippen molar-refractivity contribution in [2.75, 3.05) is 27.9 Å². The van der Waals surface area contributed by atoms with E-state index in [1.54, 1.807) is 21.3 Å². The standard InChI is InChI=1S/C13H23O5.CH3.U/c1-9-10(6-5-7-14)18-11(8-15-2)13(17-4)12(9)16-3;;/h9-13H,5-6,8H2,1-4H3;1H3;/q2*-1;+2. The van der Waals surface area contributed by atoms with Crippen LogP contribution in [0.5, 0.6) is 0 Å². The van der Waals surface area contributed by atoms with Gasteiger partial charge >= 0.3 is 31.1 Å². The zero-order valence-corrected chi connectivity index (χ0v) is 17.2. The van der Waals surface area contributed by atoms with Gasteiger partial charge in [-0.25, -0.2) is 0 Å². The summed E-state index contributed by atoms with van der Waals surface area (Å²) < 4.78 is 22.1. The smallest absolute Gasteiger partial charge is 0.542 e. The summed E-state index contributed by atoms with van der Waals surface area (Å²) in [6.07, 6.45) is 2.54. The molecule has 6 heteroatoms. The normalized spacial score (nSPS) is 32.9. The van der Waals surface area contributed by atoms with Crippen molar-refractivity contribution >= 4 is 6.29 Å². The first-order chi connectivity index (χ1) is 8.69. The third-order valence-electron chi connectivity index (χ3n) is 3.55. The molecule has 5 nitrogen and oxygen atoms in total. The molecule has 0 spiro atoms. The van der Waals surface area contributed by atoms with Crippen LogP contribution in [-0.2, 0) is 23.7 Å². The molecule has 0 bridgehead atoms. The third-order valence-corrected chi connectivity index (χ3v) is 3.55. The van der Waals surface area contributed by atoms with E-state index in [1.165, 1.54) is 0 Å². The van der Waals surface area contributed by atoms with Crippen LogP contribution in [0.3, 0.4) is 0 Å². The zero-order chi connectivity index (χ0) is 13.5. The van der Waals surface area contributed by atoms with Crippen LogP contribution in [0, 0.1) is 44.5 Å². The van der Waals surface area contributed by atoms with Crippen LogP contribution >= 0.6 is 0 Å². The molecule has 1 heterocycles. The van der Waals surface area contributed by atoms with Gasteiger partial charge in [0.1, 0.15) is 12.2 Å². The Morgan fingerprint density at radius 3 is 2.15 bits per heavy atom. The van der Waals surface area contributed by atoms with Crippen molar-refractivity contribution in [1.82, 2.24) is 0 Å². The molecule has 0 radical (unpaired) electrons. The maximum atomic E-state index is 10.4. The Balaban J connectivity index is 0. The van der Waals surface area contributed by atoms with E-state index in [1.807, 2.05) is 6.29 Å². The summed E-state index contributed by atoms with van der Waals surface area (Å²) in [6, 6.07) is 0. The van der Waals surface area contributed by atoms with Gasteiger partial charge in [0.25, 0.3) is 0 Å². The molecule has 116 valence electrons. The number of ether oxygens (including phenoxy) is 4. The maximum absolute atomic E-state index is 10.4. The molecule has 20 heavy (non-hydrogen) atoms. The fraction of sp³-hybridized carbons (Fsp3) is 0.857. The predicted molar refractivity (Wildman–Crippen MR) is 72.6 cm³/mol. The fourth-order valence-corrected chi connectivity index (χ4v) is 2.61. The summed E-state index contributed by atoms with van der Waals surface area (Å²) in [5, 5.41) is 0. The van der Waals surface area contributed by atoms with Crippen molar-refractivity contribution in [3.8, 4) is 0 Å². The van der Waals surface area contributed by atoms with E-state index >= 15 is 0 Å². The average Bonchev–Trinajstić information content (AvgIpc) is 2.38. The van der Waals surface area contributed by atoms with Crippen molar-refractivity contribution in [2.45, 2.75) is 44.2 Å². The van der Waals surface area contributed by atoms with Gasteiger partial charge in [0.2, 0.25) is 0 Å². The van der Waals surface area contributed by atoms with Crippen molar-refractivity contribution in [3.63, 3.8) is 0 Å². The van der Waals surface area contributed by atoms with Crippen molar-refractivity contribution in [2.24, 2.45) is 5.92 Å². The van der Waals surface area contributed by atoms with Crippen LogP contribution in [0.25, 0.3) is 0 Å². The Bertz CT molecular complexity index is 252. The fourth-order valence-electron chi connectivity index (χ4n) is 2.61. The molecular weight excluding hydrogens is 486 g/mol. The first kappa shape index (κ1) is 22.8. The molecule has 0 N–H and O–H groups in total. The SMILES string of the molecule is COCC1OC(CC[C-]=O)C(C)C(OC)C1OC.[CH3-].[U+2]. The molecule has 5 atom stereocenters. The molecule has 1 saturated heterocycles. The number of hydrogen-bond donors (Lipinski definition) is 0. The number of rotatable bonds is 7. The Hall–Kier alpha value is 0.562. The van der Waals surface area contributed by atoms with Crippen LogP contribution in [-0.4, -0.2) is 58.6 Å². The Kier molecular flexibility index (Phi) is 13.9. The third kappa shape index (κ3) is 5.75. The zero-order valence-electron chi connectivity index (χ0n) is 13.0. The summed E-state index contributed by atoms with van der Waals surface area (Å²) in [5.74, 6) is 0.168. The van der Waals surface area contributed by atoms with Crippen LogP contribution in [0.2, 0.25) is 0 Å². The van der Waals surface area contributed by atoms with E-state index in [-0.39, 0.29) is 68.9 Å². The number of hydrogen-bond acceptors (Lipinski definition) is 5. The second kappa shape index (κ2) is 12.1. The van der Waals surface area contributed by atoms with Gasteiger partial charge in [-0.15, -0.1) is 0 Å². The van der Waals surface area contributed by atoms with Crippen molar-refractivity contribution in [3.05, 3.63) is 7.43 Å². The summed E-state index contributed by atoms with van der Waals surface area (Å²) in [5.41, 5.74) is 0. The molecule has 1 aliphatic heterocycles. The Labute approximate surface area is 146 Å². The molecule has 0 aromatic carbocycles. The summed E-state index contributed by atoms with van der Waals surface area (Å²) >= 11 is 0. The summed E-state index contributed by atoms with van der Waals surface area (Å²) in [6.45, 7) is 2.51. The molecule has 0 saturated carbocycles. The summed E-state index contributed by atoms with van der Waals surface area (Å²) in [7, 11) is 4.95. The summed E-state index contributed by atoms with van der Waals surface area (Å²) in [4.78, 5) is 10.4. The van der Waals surface area contributed by atoms with Gasteiger partial charge in [-0.05, 0) is 0 Å². The first-order valence-corrected chi connectivity index (χ1v) is 6.24. The molecule has 1 fully saturated rings. The predicted octanol–water partition coefficient (Wildman–Crippen LogP) is 1.41. The monoisotopic (exact) mass is 512 g/mol. The van der Waals surface area contributed by atoms with Crippen molar-refractivity contribution in [1.29, 1.82) is 0 Å². The molecule has 0 aliphatic carbocycles. The molecule has 1 aliphatic rings. The molecule has 5 unspecified atom stereocenters. The second-order valence-electron chi connectivity index (χ2n) is 4.61. The molecule has 0 amide bonds. The van der Waals surface area contributed by atoms with Crippen molar-refractivity contribution < 1.29 is 54.9 Å². The van der Waals surface area contributed by atoms with Gasteiger partial charge in [0.05, 0.1) is 18.8 Å². The number of carbonyl (C=O) groups excluding carboxylic acids is 1. The Morgan fingerprint density at radius 1 is 1.10 bits per heavy atom. The molecule has 0 aromatic rings. The van der Waals surface area contributed by atoms with Crippen LogP contribution < -0.4 is 0 Å². The van der Waals surface area contributed by atoms with Gasteiger partial charge in [0, 0.05) is 27.2 Å². The van der Waals surface area contributed by atoms with E-state index in [0.29, 0.717) is 19.4 Å². The van der Waals surface area contributed by atoms with E-state index in [0.717, 1.165) is 0 Å². The van der Waals surface area contributed by atoms with E-state index in [4.69, 9.17) is 18.9 Å². The van der Waals surface area contributed by atoms with E-state index < -0.39 is 0 Å². The van der Waals surface area contributed by atoms with Crippen LogP contribution in [0.1, 0.15) is 19.8 Å². The largest absolute Gasteiger partial charge is 2.00 e. The van der Waals surface area contributed by atoms with Crippen LogP contribution in [0.15, 0.2) is 0 Å². The van der Waals surface area contributed by atoms with E-state index in [2.05, 4.69) is 6.92 Å². The van der Waals surface area contributed by atoms with Gasteiger partial charge in [-0.3, -0.25) is 6.29 Å². The van der Waals surface area contributed by atoms with Gasteiger partial charge in [-0.1, -0.05) is 13.3 Å². The number of methoxy groups -OCH3 is 3. The second-order valence-corrected chi connectivity index (χ2v) is 4.61. The quantitative estimate of drug-likeness (QED) is 0.483. The topological polar surface area (TPSA) is 54.0 Å². The van der Waals surface area contributed by atoms with Crippen LogP contribution in [0.4, 0.5) is 0 Å². The minimum atomic E-state index is -0.169. The first-order valence-electron chi connectivity index (χ1n) is 6.24. The van der Waals surface area contributed by atoms with Gasteiger partial charge < -0.3 is 31.2 Å². The average molecular weight is 512 g/mol. The minimum absolute atomic E-state index is 0. The molecule has 1 rings (SSSR count). The minimum Gasteiger partial charge on any atom is -0.542 e.